The lowest BCUT2D eigenvalue weighted by Gasteiger charge is -2.34. The van der Waals surface area contributed by atoms with E-state index in [-0.39, 0.29) is 17.4 Å². The van der Waals surface area contributed by atoms with Crippen LogP contribution in [0.3, 0.4) is 0 Å². The Hall–Kier alpha value is -2.44. The normalized spacial score (nSPS) is 19.5. The maximum absolute atomic E-state index is 12.6. The van der Waals surface area contributed by atoms with Gasteiger partial charge in [0.25, 0.3) is 5.56 Å². The number of likely N-dealkylation sites (tertiary alicyclic amines) is 1. The van der Waals surface area contributed by atoms with Crippen LogP contribution in [0.15, 0.2) is 29.6 Å². The molecule has 26 heavy (non-hydrogen) atoms. The van der Waals surface area contributed by atoms with Gasteiger partial charge in [-0.25, -0.2) is 4.98 Å². The number of amides is 1. The van der Waals surface area contributed by atoms with Crippen molar-refractivity contribution in [2.24, 2.45) is 0 Å². The molecule has 7 heteroatoms. The summed E-state index contributed by atoms with van der Waals surface area (Å²) < 4.78 is 4.21. The highest BCUT2D eigenvalue weighted by Crippen LogP contribution is 2.29. The molecule has 2 aliphatic heterocycles. The predicted molar refractivity (Wildman–Crippen MR) is 96.8 cm³/mol. The van der Waals surface area contributed by atoms with Gasteiger partial charge in [0.1, 0.15) is 5.82 Å². The second kappa shape index (κ2) is 7.43. The average Bonchev–Trinajstić information content (AvgIpc) is 3.32. The smallest absolute Gasteiger partial charge is 0.273 e. The van der Waals surface area contributed by atoms with Gasteiger partial charge in [0.15, 0.2) is 0 Å². The Labute approximate surface area is 152 Å². The molecule has 138 valence electrons. The molecule has 4 heterocycles. The van der Waals surface area contributed by atoms with E-state index in [0.29, 0.717) is 13.0 Å². The summed E-state index contributed by atoms with van der Waals surface area (Å²) in [4.78, 5) is 34.7. The van der Waals surface area contributed by atoms with E-state index in [1.807, 2.05) is 15.7 Å². The Morgan fingerprint density at radius 1 is 1.27 bits per heavy atom. The molecule has 1 atom stereocenters. The SMILES string of the molecule is O=C(CCCn1ccnc1)N1CCC[C@H](c2cc(=O)nc3n2CCC3)C1. The Balaban J connectivity index is 1.40. The van der Waals surface area contributed by atoms with Crippen molar-refractivity contribution in [3.8, 4) is 0 Å². The number of carbonyl (C=O) groups is 1. The van der Waals surface area contributed by atoms with Crippen LogP contribution in [0.5, 0.6) is 0 Å². The van der Waals surface area contributed by atoms with Crippen molar-refractivity contribution in [1.29, 1.82) is 0 Å². The number of aromatic nitrogens is 4. The van der Waals surface area contributed by atoms with E-state index >= 15 is 0 Å². The van der Waals surface area contributed by atoms with Crippen LogP contribution in [0.4, 0.5) is 0 Å². The van der Waals surface area contributed by atoms with E-state index in [9.17, 15) is 9.59 Å². The zero-order valence-corrected chi connectivity index (χ0v) is 15.0. The molecular weight excluding hydrogens is 330 g/mol. The minimum absolute atomic E-state index is 0.142. The van der Waals surface area contributed by atoms with Gasteiger partial charge in [0.2, 0.25) is 5.91 Å². The first-order valence-corrected chi connectivity index (χ1v) is 9.55. The lowest BCUT2D eigenvalue weighted by Crippen LogP contribution is -2.40. The highest BCUT2D eigenvalue weighted by molar-refractivity contribution is 5.76. The minimum Gasteiger partial charge on any atom is -0.342 e. The molecule has 0 aromatic carbocycles. The van der Waals surface area contributed by atoms with Gasteiger partial charge in [-0.15, -0.1) is 0 Å². The van der Waals surface area contributed by atoms with Crippen LogP contribution in [0.1, 0.15) is 49.5 Å². The van der Waals surface area contributed by atoms with Crippen molar-refractivity contribution >= 4 is 5.91 Å². The summed E-state index contributed by atoms with van der Waals surface area (Å²) in [5, 5.41) is 0. The van der Waals surface area contributed by atoms with E-state index in [4.69, 9.17) is 0 Å². The number of aryl methyl sites for hydroxylation is 2. The summed E-state index contributed by atoms with van der Waals surface area (Å²) in [6.45, 7) is 3.29. The van der Waals surface area contributed by atoms with Gasteiger partial charge in [-0.2, -0.15) is 4.98 Å². The molecule has 0 bridgehead atoms. The number of nitrogens with zero attached hydrogens (tertiary/aromatic N) is 5. The first kappa shape index (κ1) is 17.0. The van der Waals surface area contributed by atoms with Gasteiger partial charge in [-0.1, -0.05) is 0 Å². The Kier molecular flexibility index (Phi) is 4.86. The van der Waals surface area contributed by atoms with Crippen LogP contribution in [0.2, 0.25) is 0 Å². The molecule has 2 aliphatic rings. The molecule has 4 rings (SSSR count). The molecule has 2 aromatic heterocycles. The molecule has 0 unspecified atom stereocenters. The molecule has 0 saturated carbocycles. The quantitative estimate of drug-likeness (QED) is 0.816. The van der Waals surface area contributed by atoms with Crippen LogP contribution in [0, 0.1) is 0 Å². The predicted octanol–water partition coefficient (Wildman–Crippen LogP) is 1.57. The van der Waals surface area contributed by atoms with E-state index in [2.05, 4.69) is 14.5 Å². The fraction of sp³-hybridized carbons (Fsp3) is 0.579. The van der Waals surface area contributed by atoms with Gasteiger partial charge in [-0.3, -0.25) is 9.59 Å². The third-order valence-electron chi connectivity index (χ3n) is 5.47. The van der Waals surface area contributed by atoms with Crippen LogP contribution in [-0.2, 0) is 24.3 Å². The van der Waals surface area contributed by atoms with Crippen molar-refractivity contribution in [3.05, 3.63) is 46.7 Å². The van der Waals surface area contributed by atoms with E-state index in [1.54, 1.807) is 18.6 Å². The van der Waals surface area contributed by atoms with Crippen molar-refractivity contribution in [2.75, 3.05) is 13.1 Å². The molecular formula is C19H25N5O2. The summed E-state index contributed by atoms with van der Waals surface area (Å²) in [6.07, 6.45) is 10.8. The minimum atomic E-state index is -0.142. The average molecular weight is 355 g/mol. The molecule has 0 aliphatic carbocycles. The Morgan fingerprint density at radius 2 is 2.19 bits per heavy atom. The summed E-state index contributed by atoms with van der Waals surface area (Å²) in [5.74, 6) is 1.37. The zero-order valence-electron chi connectivity index (χ0n) is 15.0. The molecule has 7 nitrogen and oxygen atoms in total. The highest BCUT2D eigenvalue weighted by Gasteiger charge is 2.28. The Morgan fingerprint density at radius 3 is 3.04 bits per heavy atom. The van der Waals surface area contributed by atoms with Crippen LogP contribution in [-0.4, -0.2) is 43.0 Å². The first-order chi connectivity index (χ1) is 12.7. The van der Waals surface area contributed by atoms with Crippen LogP contribution >= 0.6 is 0 Å². The van der Waals surface area contributed by atoms with Crippen LogP contribution in [0.25, 0.3) is 0 Å². The number of carbonyl (C=O) groups excluding carboxylic acids is 1. The number of piperidine rings is 1. The van der Waals surface area contributed by atoms with E-state index in [1.165, 1.54) is 0 Å². The summed E-state index contributed by atoms with van der Waals surface area (Å²) in [5.41, 5.74) is 0.936. The largest absolute Gasteiger partial charge is 0.342 e. The van der Waals surface area contributed by atoms with Crippen molar-refractivity contribution in [1.82, 2.24) is 24.0 Å². The number of hydrogen-bond donors (Lipinski definition) is 0. The molecule has 0 radical (unpaired) electrons. The zero-order chi connectivity index (χ0) is 17.9. The first-order valence-electron chi connectivity index (χ1n) is 9.55. The second-order valence-electron chi connectivity index (χ2n) is 7.27. The summed E-state index contributed by atoms with van der Waals surface area (Å²) in [6, 6.07) is 1.69. The van der Waals surface area contributed by atoms with Gasteiger partial charge >= 0.3 is 0 Å². The summed E-state index contributed by atoms with van der Waals surface area (Å²) in [7, 11) is 0. The van der Waals surface area contributed by atoms with Crippen molar-refractivity contribution in [2.45, 2.75) is 57.5 Å². The maximum atomic E-state index is 12.6. The van der Waals surface area contributed by atoms with Crippen molar-refractivity contribution in [3.63, 3.8) is 0 Å². The number of fused-ring (bicyclic) bond motifs is 1. The van der Waals surface area contributed by atoms with E-state index in [0.717, 1.165) is 63.3 Å². The van der Waals surface area contributed by atoms with Gasteiger partial charge in [-0.05, 0) is 25.7 Å². The molecule has 2 aromatic rings. The molecule has 1 fully saturated rings. The van der Waals surface area contributed by atoms with Gasteiger partial charge in [0, 0.05) is 69.1 Å². The second-order valence-corrected chi connectivity index (χ2v) is 7.27. The lowest BCUT2D eigenvalue weighted by molar-refractivity contribution is -0.132. The fourth-order valence-corrected chi connectivity index (χ4v) is 4.19. The number of rotatable bonds is 5. The highest BCUT2D eigenvalue weighted by atomic mass is 16.2. The Bertz CT molecular complexity index is 827. The van der Waals surface area contributed by atoms with Crippen molar-refractivity contribution < 1.29 is 4.79 Å². The fourth-order valence-electron chi connectivity index (χ4n) is 4.19. The third-order valence-corrected chi connectivity index (χ3v) is 5.47. The third kappa shape index (κ3) is 3.57. The standard InChI is InChI=1S/C19H25N5O2/c25-18-12-16(24-10-2-5-17(24)21-18)15-4-1-9-23(13-15)19(26)6-3-8-22-11-7-20-14-22/h7,11-12,14-15H,1-6,8-10,13H2/t15-/m0/s1. The summed E-state index contributed by atoms with van der Waals surface area (Å²) >= 11 is 0. The van der Waals surface area contributed by atoms with Crippen LogP contribution < -0.4 is 5.56 Å². The number of hydrogen-bond acceptors (Lipinski definition) is 4. The lowest BCUT2D eigenvalue weighted by atomic mass is 9.93. The molecule has 0 spiro atoms. The van der Waals surface area contributed by atoms with Gasteiger partial charge in [0.05, 0.1) is 6.33 Å². The molecule has 0 N–H and O–H groups in total. The maximum Gasteiger partial charge on any atom is 0.273 e. The number of imidazole rings is 1. The van der Waals surface area contributed by atoms with Gasteiger partial charge < -0.3 is 14.0 Å². The topological polar surface area (TPSA) is 73.0 Å². The monoisotopic (exact) mass is 355 g/mol. The molecule has 1 amide bonds. The van der Waals surface area contributed by atoms with E-state index < -0.39 is 0 Å². The molecule has 1 saturated heterocycles.